The number of urea groups is 1. The smallest absolute Gasteiger partial charge is 0.322 e. The normalized spacial score (nSPS) is 24.6. The molecule has 0 radical (unpaired) electrons. The zero-order valence-electron chi connectivity index (χ0n) is 16.1. The summed E-state index contributed by atoms with van der Waals surface area (Å²) in [5.74, 6) is 0. The Bertz CT molecular complexity index is 610. The van der Waals surface area contributed by atoms with E-state index in [9.17, 15) is 4.79 Å². The summed E-state index contributed by atoms with van der Waals surface area (Å²) < 4.78 is 0. The predicted molar refractivity (Wildman–Crippen MR) is 105 cm³/mol. The van der Waals surface area contributed by atoms with E-state index < -0.39 is 0 Å². The van der Waals surface area contributed by atoms with Crippen LogP contribution in [0.3, 0.4) is 0 Å². The zero-order valence-corrected chi connectivity index (χ0v) is 16.1. The van der Waals surface area contributed by atoms with Gasteiger partial charge in [-0.15, -0.1) is 0 Å². The molecule has 0 aromatic heterocycles. The number of benzene rings is 1. The van der Waals surface area contributed by atoms with Crippen molar-refractivity contribution in [1.82, 2.24) is 9.80 Å². The molecule has 1 aromatic rings. The molecular formula is C20H32N4O. The van der Waals surface area contributed by atoms with Crippen molar-refractivity contribution in [3.05, 3.63) is 23.8 Å². The van der Waals surface area contributed by atoms with Crippen LogP contribution in [0.4, 0.5) is 16.2 Å². The van der Waals surface area contributed by atoms with Gasteiger partial charge in [0.1, 0.15) is 0 Å². The van der Waals surface area contributed by atoms with Crippen LogP contribution >= 0.6 is 0 Å². The van der Waals surface area contributed by atoms with Gasteiger partial charge in [-0.1, -0.05) is 6.92 Å². The van der Waals surface area contributed by atoms with Gasteiger partial charge in [-0.25, -0.2) is 4.79 Å². The number of hydrogen-bond donors (Lipinski definition) is 1. The number of hydrogen-bond acceptors (Lipinski definition) is 3. The molecule has 1 aromatic carbocycles. The maximum atomic E-state index is 12.8. The van der Waals surface area contributed by atoms with Gasteiger partial charge in [0.2, 0.25) is 0 Å². The third-order valence-electron chi connectivity index (χ3n) is 5.81. The van der Waals surface area contributed by atoms with Crippen molar-refractivity contribution in [3.63, 3.8) is 0 Å². The number of nitrogens with one attached hydrogen (secondary N) is 1. The number of carbonyl (C=O) groups is 1. The minimum atomic E-state index is 0.0484. The van der Waals surface area contributed by atoms with Crippen LogP contribution in [0.25, 0.3) is 0 Å². The van der Waals surface area contributed by atoms with E-state index in [4.69, 9.17) is 0 Å². The summed E-state index contributed by atoms with van der Waals surface area (Å²) >= 11 is 0. The van der Waals surface area contributed by atoms with Crippen LogP contribution in [0.15, 0.2) is 18.2 Å². The van der Waals surface area contributed by atoms with Crippen molar-refractivity contribution in [1.29, 1.82) is 0 Å². The third kappa shape index (κ3) is 3.92. The van der Waals surface area contributed by atoms with E-state index in [0.29, 0.717) is 12.1 Å². The molecule has 2 heterocycles. The topological polar surface area (TPSA) is 38.8 Å². The van der Waals surface area contributed by atoms with Gasteiger partial charge >= 0.3 is 6.03 Å². The predicted octanol–water partition coefficient (Wildman–Crippen LogP) is 3.54. The summed E-state index contributed by atoms with van der Waals surface area (Å²) in [6.45, 7) is 10.7. The highest BCUT2D eigenvalue weighted by Crippen LogP contribution is 2.28. The molecule has 0 saturated carbocycles. The summed E-state index contributed by atoms with van der Waals surface area (Å²) in [5, 5.41) is 3.14. The highest BCUT2D eigenvalue weighted by Gasteiger charge is 2.33. The van der Waals surface area contributed by atoms with Crippen LogP contribution in [0.1, 0.15) is 38.7 Å². The van der Waals surface area contributed by atoms with Gasteiger partial charge < -0.3 is 20.0 Å². The Kier molecular flexibility index (Phi) is 5.52. The molecular weight excluding hydrogens is 312 g/mol. The fourth-order valence-electron chi connectivity index (χ4n) is 4.07. The first-order valence-corrected chi connectivity index (χ1v) is 9.63. The number of anilines is 2. The first kappa shape index (κ1) is 18.1. The Balaban J connectivity index is 1.68. The van der Waals surface area contributed by atoms with Crippen LogP contribution in [0, 0.1) is 6.92 Å². The van der Waals surface area contributed by atoms with Gasteiger partial charge in [-0.3, -0.25) is 0 Å². The Morgan fingerprint density at radius 3 is 2.56 bits per heavy atom. The highest BCUT2D eigenvalue weighted by molar-refractivity contribution is 5.91. The molecule has 0 aliphatic carbocycles. The summed E-state index contributed by atoms with van der Waals surface area (Å²) in [6.07, 6.45) is 3.25. The quantitative estimate of drug-likeness (QED) is 0.911. The molecule has 138 valence electrons. The van der Waals surface area contributed by atoms with Crippen LogP contribution in [-0.2, 0) is 0 Å². The lowest BCUT2D eigenvalue weighted by atomic mass is 10.1. The van der Waals surface area contributed by atoms with Gasteiger partial charge in [0.05, 0.1) is 0 Å². The van der Waals surface area contributed by atoms with Gasteiger partial charge in [-0.05, 0) is 63.9 Å². The van der Waals surface area contributed by atoms with Crippen molar-refractivity contribution in [2.75, 3.05) is 43.4 Å². The number of amides is 2. The minimum absolute atomic E-state index is 0.0484. The fourth-order valence-corrected chi connectivity index (χ4v) is 4.07. The third-order valence-corrected chi connectivity index (χ3v) is 5.81. The average molecular weight is 345 g/mol. The highest BCUT2D eigenvalue weighted by atomic mass is 16.2. The Morgan fingerprint density at radius 1 is 1.20 bits per heavy atom. The second-order valence-electron chi connectivity index (χ2n) is 7.62. The van der Waals surface area contributed by atoms with Crippen LogP contribution in [0.5, 0.6) is 0 Å². The largest absolute Gasteiger partial charge is 0.369 e. The molecule has 3 rings (SSSR count). The molecule has 2 atom stereocenters. The molecule has 2 fully saturated rings. The number of aryl methyl sites for hydroxylation is 1. The molecule has 5 nitrogen and oxygen atoms in total. The van der Waals surface area contributed by atoms with E-state index in [0.717, 1.165) is 56.7 Å². The van der Waals surface area contributed by atoms with Crippen LogP contribution in [0.2, 0.25) is 0 Å². The number of likely N-dealkylation sites (N-methyl/N-ethyl adjacent to an activating group) is 1. The molecule has 2 aliphatic rings. The maximum absolute atomic E-state index is 12.8. The van der Waals surface area contributed by atoms with E-state index in [-0.39, 0.29) is 6.03 Å². The zero-order chi connectivity index (χ0) is 18.0. The van der Waals surface area contributed by atoms with E-state index >= 15 is 0 Å². The fraction of sp³-hybridized carbons (Fsp3) is 0.650. The summed E-state index contributed by atoms with van der Waals surface area (Å²) in [6, 6.07) is 7.15. The van der Waals surface area contributed by atoms with Crippen molar-refractivity contribution >= 4 is 17.4 Å². The lowest BCUT2D eigenvalue weighted by Crippen LogP contribution is -2.44. The van der Waals surface area contributed by atoms with Crippen LogP contribution in [-0.4, -0.2) is 61.1 Å². The molecule has 25 heavy (non-hydrogen) atoms. The SMILES string of the molecule is CC[C@H]1CC[C@@H](C)N1C(=O)Nc1ccc(N2CCN(C)CC2)cc1C. The Hall–Kier alpha value is -1.75. The van der Waals surface area contributed by atoms with E-state index in [1.54, 1.807) is 0 Å². The van der Waals surface area contributed by atoms with Crippen LogP contribution < -0.4 is 10.2 Å². The van der Waals surface area contributed by atoms with E-state index in [1.165, 1.54) is 5.69 Å². The van der Waals surface area contributed by atoms with Gasteiger partial charge in [-0.2, -0.15) is 0 Å². The summed E-state index contributed by atoms with van der Waals surface area (Å²) in [5.41, 5.74) is 3.31. The van der Waals surface area contributed by atoms with E-state index in [2.05, 4.69) is 61.1 Å². The van der Waals surface area contributed by atoms with E-state index in [1.807, 2.05) is 4.90 Å². The molecule has 2 saturated heterocycles. The minimum Gasteiger partial charge on any atom is -0.369 e. The number of carbonyl (C=O) groups excluding carboxylic acids is 1. The molecule has 0 spiro atoms. The summed E-state index contributed by atoms with van der Waals surface area (Å²) in [7, 11) is 2.17. The monoisotopic (exact) mass is 344 g/mol. The lowest BCUT2D eigenvalue weighted by molar-refractivity contribution is 0.188. The molecule has 2 amide bonds. The van der Waals surface area contributed by atoms with Crippen molar-refractivity contribution in [3.8, 4) is 0 Å². The number of rotatable bonds is 3. The first-order valence-electron chi connectivity index (χ1n) is 9.63. The van der Waals surface area contributed by atoms with Crippen molar-refractivity contribution < 1.29 is 4.79 Å². The van der Waals surface area contributed by atoms with Gasteiger partial charge in [0, 0.05) is 49.6 Å². The Labute approximate surface area is 152 Å². The number of nitrogens with zero attached hydrogens (tertiary/aromatic N) is 3. The first-order chi connectivity index (χ1) is 12.0. The number of likely N-dealkylation sites (tertiary alicyclic amines) is 1. The average Bonchev–Trinajstić information content (AvgIpc) is 2.98. The maximum Gasteiger partial charge on any atom is 0.322 e. The Morgan fingerprint density at radius 2 is 1.92 bits per heavy atom. The standard InChI is InChI=1S/C20H32N4O/c1-5-17-7-6-16(3)24(17)20(25)21-19-9-8-18(14-15(19)2)23-12-10-22(4)11-13-23/h8-9,14,16-17H,5-7,10-13H2,1-4H3,(H,21,25)/t16-,17+/m1/s1. The van der Waals surface area contributed by atoms with Crippen molar-refractivity contribution in [2.24, 2.45) is 0 Å². The van der Waals surface area contributed by atoms with Crippen molar-refractivity contribution in [2.45, 2.75) is 52.1 Å². The molecule has 0 unspecified atom stereocenters. The number of piperazine rings is 1. The van der Waals surface area contributed by atoms with Gasteiger partial charge in [0.25, 0.3) is 0 Å². The second kappa shape index (κ2) is 7.65. The lowest BCUT2D eigenvalue weighted by Gasteiger charge is -2.34. The molecule has 1 N–H and O–H groups in total. The van der Waals surface area contributed by atoms with Gasteiger partial charge in [0.15, 0.2) is 0 Å². The second-order valence-corrected chi connectivity index (χ2v) is 7.62. The molecule has 0 bridgehead atoms. The summed E-state index contributed by atoms with van der Waals surface area (Å²) in [4.78, 5) is 19.6. The molecule has 2 aliphatic heterocycles. The molecule has 5 heteroatoms.